The summed E-state index contributed by atoms with van der Waals surface area (Å²) in [5.74, 6) is 1.04. The van der Waals surface area contributed by atoms with Crippen molar-refractivity contribution in [1.29, 1.82) is 0 Å². The lowest BCUT2D eigenvalue weighted by Gasteiger charge is -2.41. The SMILES string of the molecule is Cc1c(-c2ccc(C3CC(CN4CCC(CO)CC4)C3)cc2)cc(C(F)F)c(C=NC(C(=O)Nc2nccs2)c2ncn3c2C[C@@H](F)C3)c1N. The van der Waals surface area contributed by atoms with E-state index in [2.05, 4.69) is 37.3 Å². The molecule has 0 bridgehead atoms. The number of piperidine rings is 1. The van der Waals surface area contributed by atoms with Gasteiger partial charge in [0.15, 0.2) is 11.2 Å². The summed E-state index contributed by atoms with van der Waals surface area (Å²) in [6.45, 7) is 5.44. The topological polar surface area (TPSA) is 122 Å². The van der Waals surface area contributed by atoms with Crippen molar-refractivity contribution in [2.75, 3.05) is 37.3 Å². The Balaban J connectivity index is 1.09. The number of carbonyl (C=O) groups is 1. The molecule has 9 nitrogen and oxygen atoms in total. The fourth-order valence-electron chi connectivity index (χ4n) is 7.67. The van der Waals surface area contributed by atoms with Gasteiger partial charge in [0.05, 0.1) is 18.6 Å². The zero-order valence-electron chi connectivity index (χ0n) is 27.9. The predicted octanol–water partition coefficient (Wildman–Crippen LogP) is 6.73. The Labute approximate surface area is 293 Å². The summed E-state index contributed by atoms with van der Waals surface area (Å²) in [4.78, 5) is 28.9. The quantitative estimate of drug-likeness (QED) is 0.118. The minimum Gasteiger partial charge on any atom is -0.398 e. The molecule has 4 N–H and O–H groups in total. The van der Waals surface area contributed by atoms with Crippen LogP contribution in [0, 0.1) is 18.8 Å². The minimum absolute atomic E-state index is 0.0326. The Bertz CT molecular complexity index is 1830. The van der Waals surface area contributed by atoms with Crippen LogP contribution in [0.2, 0.25) is 0 Å². The molecular weight excluding hydrogens is 664 g/mol. The van der Waals surface area contributed by atoms with E-state index >= 15 is 0 Å². The van der Waals surface area contributed by atoms with Gasteiger partial charge in [-0.05, 0) is 91.8 Å². The van der Waals surface area contributed by atoms with Crippen molar-refractivity contribution in [3.05, 3.63) is 81.9 Å². The maximum Gasteiger partial charge on any atom is 0.264 e. The van der Waals surface area contributed by atoms with Crippen LogP contribution in [0.1, 0.15) is 77.7 Å². The Morgan fingerprint density at radius 3 is 2.62 bits per heavy atom. The molecule has 1 unspecified atom stereocenters. The fraction of sp³-hybridized carbons (Fsp3) is 0.459. The number of nitrogens with two attached hydrogens (primary N) is 1. The number of halogens is 3. The van der Waals surface area contributed by atoms with Crippen LogP contribution in [0.5, 0.6) is 0 Å². The molecule has 2 aliphatic heterocycles. The lowest BCUT2D eigenvalue weighted by molar-refractivity contribution is -0.117. The Morgan fingerprint density at radius 2 is 1.94 bits per heavy atom. The molecule has 50 heavy (non-hydrogen) atoms. The van der Waals surface area contributed by atoms with E-state index in [9.17, 15) is 23.1 Å². The number of hydrogen-bond donors (Lipinski definition) is 3. The summed E-state index contributed by atoms with van der Waals surface area (Å²) in [6, 6.07) is 8.36. The van der Waals surface area contributed by atoms with Crippen molar-refractivity contribution in [2.24, 2.45) is 16.8 Å². The maximum absolute atomic E-state index is 14.7. The van der Waals surface area contributed by atoms with E-state index in [1.165, 1.54) is 35.5 Å². The Morgan fingerprint density at radius 1 is 1.18 bits per heavy atom. The van der Waals surface area contributed by atoms with Gasteiger partial charge in [0.1, 0.15) is 6.17 Å². The summed E-state index contributed by atoms with van der Waals surface area (Å²) < 4.78 is 45.2. The zero-order chi connectivity index (χ0) is 34.9. The van der Waals surface area contributed by atoms with Gasteiger partial charge >= 0.3 is 0 Å². The fourth-order valence-corrected chi connectivity index (χ4v) is 8.20. The highest BCUT2D eigenvalue weighted by atomic mass is 32.1. The average molecular weight is 706 g/mol. The monoisotopic (exact) mass is 705 g/mol. The van der Waals surface area contributed by atoms with Crippen molar-refractivity contribution >= 4 is 34.3 Å². The van der Waals surface area contributed by atoms with Gasteiger partial charge in [-0.3, -0.25) is 15.1 Å². The molecule has 7 rings (SSSR count). The van der Waals surface area contributed by atoms with Crippen LogP contribution < -0.4 is 11.1 Å². The maximum atomic E-state index is 14.7. The van der Waals surface area contributed by atoms with Crippen molar-refractivity contribution in [1.82, 2.24) is 19.4 Å². The normalized spacial score (nSPS) is 21.8. The summed E-state index contributed by atoms with van der Waals surface area (Å²) in [5.41, 5.74) is 10.5. The van der Waals surface area contributed by atoms with Gasteiger partial charge in [0, 0.05) is 59.9 Å². The number of hydrogen-bond acceptors (Lipinski definition) is 8. The van der Waals surface area contributed by atoms with E-state index in [1.807, 2.05) is 12.1 Å². The number of rotatable bonds is 11. The highest BCUT2D eigenvalue weighted by molar-refractivity contribution is 7.13. The van der Waals surface area contributed by atoms with Gasteiger partial charge in [-0.1, -0.05) is 24.3 Å². The van der Waals surface area contributed by atoms with Crippen LogP contribution in [-0.2, 0) is 17.8 Å². The van der Waals surface area contributed by atoms with Crippen molar-refractivity contribution < 1.29 is 23.1 Å². The number of imidazole rings is 1. The number of carbonyl (C=O) groups excluding carboxylic acids is 1. The number of aliphatic imine (C=N–C) groups is 1. The number of thiazole rings is 1. The zero-order valence-corrected chi connectivity index (χ0v) is 28.8. The Kier molecular flexibility index (Phi) is 10.1. The first kappa shape index (κ1) is 34.4. The molecule has 1 amide bonds. The molecule has 2 aromatic heterocycles. The molecule has 0 spiro atoms. The van der Waals surface area contributed by atoms with E-state index in [1.54, 1.807) is 23.1 Å². The smallest absolute Gasteiger partial charge is 0.264 e. The largest absolute Gasteiger partial charge is 0.398 e. The number of likely N-dealkylation sites (tertiary alicyclic amines) is 1. The van der Waals surface area contributed by atoms with Gasteiger partial charge in [-0.2, -0.15) is 0 Å². The average Bonchev–Trinajstić information content (AvgIpc) is 3.83. The van der Waals surface area contributed by atoms with Gasteiger partial charge in [-0.25, -0.2) is 23.1 Å². The van der Waals surface area contributed by atoms with Crippen LogP contribution in [0.4, 0.5) is 24.0 Å². The van der Waals surface area contributed by atoms with Gasteiger partial charge in [0.2, 0.25) is 0 Å². The molecule has 2 fully saturated rings. The van der Waals surface area contributed by atoms with Gasteiger partial charge in [-0.15, -0.1) is 11.3 Å². The third-order valence-electron chi connectivity index (χ3n) is 10.7. The molecule has 0 radical (unpaired) electrons. The molecule has 4 aromatic rings. The van der Waals surface area contributed by atoms with Crippen molar-refractivity contribution in [3.8, 4) is 11.1 Å². The van der Waals surface area contributed by atoms with E-state index in [0.717, 1.165) is 50.9 Å². The molecule has 1 aliphatic carbocycles. The number of fused-ring (bicyclic) bond motifs is 1. The molecule has 2 atom stereocenters. The van der Waals surface area contributed by atoms with Crippen LogP contribution in [-0.4, -0.2) is 69.1 Å². The summed E-state index contributed by atoms with van der Waals surface area (Å²) in [6.07, 6.45) is 4.75. The second kappa shape index (κ2) is 14.7. The molecule has 13 heteroatoms. The molecule has 1 saturated heterocycles. The first-order valence-electron chi connectivity index (χ1n) is 17.2. The van der Waals surface area contributed by atoms with Crippen LogP contribution in [0.15, 0.2) is 53.2 Å². The second-order valence-electron chi connectivity index (χ2n) is 13.9. The molecule has 3 aliphatic rings. The number of aliphatic hydroxyl groups excluding tert-OH is 1. The van der Waals surface area contributed by atoms with E-state index in [4.69, 9.17) is 5.73 Å². The van der Waals surface area contributed by atoms with Gasteiger partial charge in [0.25, 0.3) is 12.3 Å². The summed E-state index contributed by atoms with van der Waals surface area (Å²) in [7, 11) is 0. The van der Waals surface area contributed by atoms with Crippen LogP contribution >= 0.6 is 11.3 Å². The predicted molar refractivity (Wildman–Crippen MR) is 190 cm³/mol. The number of aromatic nitrogens is 3. The molecule has 2 aromatic carbocycles. The number of aliphatic hydroxyl groups is 1. The number of nitrogens with zero attached hydrogens (tertiary/aromatic N) is 5. The standard InChI is InChI=1S/C37H42F3N7O2S/c1-21-28(25-4-2-24(3-5-25)26-12-23(13-26)17-46-9-6-22(19-48)7-10-46)15-29(35(39)40)30(32(21)41)16-43-34(36(49)45-37-42-8-11-50-37)33-31-14-27(38)18-47(31)20-44-33/h2-5,8,11,15-16,20,22-23,26-27,34-35,48H,6-7,9-10,12-14,17-19,41H2,1H3,(H,42,45,49)/t23?,26?,27-,34?/m1/s1. The molecule has 264 valence electrons. The number of nitrogen functional groups attached to an aromatic ring is 1. The lowest BCUT2D eigenvalue weighted by atomic mass is 9.71. The highest BCUT2D eigenvalue weighted by Gasteiger charge is 2.34. The number of amides is 1. The van der Waals surface area contributed by atoms with Crippen molar-refractivity contribution in [2.45, 2.75) is 70.1 Å². The van der Waals surface area contributed by atoms with Crippen LogP contribution in [0.3, 0.4) is 0 Å². The number of nitrogens with one attached hydrogen (secondary N) is 1. The first-order chi connectivity index (χ1) is 24.2. The molecule has 1 saturated carbocycles. The number of anilines is 2. The molecular formula is C37H42F3N7O2S. The minimum atomic E-state index is -2.86. The second-order valence-corrected chi connectivity index (χ2v) is 14.8. The van der Waals surface area contributed by atoms with E-state index < -0.39 is 24.5 Å². The van der Waals surface area contributed by atoms with E-state index in [-0.39, 0.29) is 42.1 Å². The third-order valence-corrected chi connectivity index (χ3v) is 11.4. The first-order valence-corrected chi connectivity index (χ1v) is 18.1. The lowest BCUT2D eigenvalue weighted by Crippen LogP contribution is -2.40. The summed E-state index contributed by atoms with van der Waals surface area (Å²) >= 11 is 1.22. The number of alkyl halides is 3. The highest BCUT2D eigenvalue weighted by Crippen LogP contribution is 2.43. The van der Waals surface area contributed by atoms with Crippen molar-refractivity contribution in [3.63, 3.8) is 0 Å². The van der Waals surface area contributed by atoms with Crippen LogP contribution in [0.25, 0.3) is 11.1 Å². The number of benzene rings is 2. The summed E-state index contributed by atoms with van der Waals surface area (Å²) in [5, 5.41) is 14.2. The van der Waals surface area contributed by atoms with Gasteiger partial charge < -0.3 is 20.3 Å². The Hall–Kier alpha value is -4.07. The van der Waals surface area contributed by atoms with E-state index in [0.29, 0.717) is 39.7 Å². The molecule has 4 heterocycles. The third kappa shape index (κ3) is 7.08.